The molecule has 1 aliphatic rings. The van der Waals surface area contributed by atoms with E-state index in [2.05, 4.69) is 10.6 Å². The van der Waals surface area contributed by atoms with Gasteiger partial charge in [-0.25, -0.2) is 9.59 Å². The Kier molecular flexibility index (Phi) is 7.27. The van der Waals surface area contributed by atoms with Crippen molar-refractivity contribution >= 4 is 23.6 Å². The van der Waals surface area contributed by atoms with E-state index in [9.17, 15) is 14.4 Å². The van der Waals surface area contributed by atoms with Crippen molar-refractivity contribution in [3.63, 3.8) is 0 Å². The summed E-state index contributed by atoms with van der Waals surface area (Å²) in [5, 5.41) is 5.71. The molecular formula is C24H27N3O5. The van der Waals surface area contributed by atoms with Crippen LogP contribution in [0.25, 0.3) is 0 Å². The van der Waals surface area contributed by atoms with Crippen molar-refractivity contribution in [2.45, 2.75) is 19.9 Å². The van der Waals surface area contributed by atoms with Crippen molar-refractivity contribution in [2.75, 3.05) is 32.7 Å². The molecule has 8 nitrogen and oxygen atoms in total. The van der Waals surface area contributed by atoms with Crippen molar-refractivity contribution in [3.05, 3.63) is 76.5 Å². The average Bonchev–Trinajstić information content (AvgIpc) is 2.78. The van der Waals surface area contributed by atoms with E-state index in [1.165, 1.54) is 12.0 Å². The van der Waals surface area contributed by atoms with E-state index in [4.69, 9.17) is 9.47 Å². The molecule has 2 aromatic rings. The minimum absolute atomic E-state index is 0.111. The molecule has 3 amide bonds. The Morgan fingerprint density at radius 2 is 1.75 bits per heavy atom. The minimum Gasteiger partial charge on any atom is -0.460 e. The number of amides is 3. The van der Waals surface area contributed by atoms with Gasteiger partial charge in [0.2, 0.25) is 0 Å². The average molecular weight is 437 g/mol. The highest BCUT2D eigenvalue weighted by atomic mass is 16.6. The number of ether oxygens (including phenoxy) is 2. The third kappa shape index (κ3) is 4.97. The Morgan fingerprint density at radius 1 is 1.06 bits per heavy atom. The number of benzene rings is 2. The second-order valence-electron chi connectivity index (χ2n) is 7.46. The number of rotatable bonds is 7. The summed E-state index contributed by atoms with van der Waals surface area (Å²) in [5.74, 6) is -0.727. The molecule has 0 aliphatic carbocycles. The van der Waals surface area contributed by atoms with E-state index < -0.39 is 12.0 Å². The molecule has 0 radical (unpaired) electrons. The molecule has 0 aromatic heterocycles. The van der Waals surface area contributed by atoms with Gasteiger partial charge in [-0.15, -0.1) is 0 Å². The van der Waals surface area contributed by atoms with Crippen molar-refractivity contribution in [1.29, 1.82) is 0 Å². The van der Waals surface area contributed by atoms with Gasteiger partial charge in [0.25, 0.3) is 5.91 Å². The summed E-state index contributed by atoms with van der Waals surface area (Å²) in [6.45, 7) is 3.97. The number of esters is 1. The molecule has 0 saturated carbocycles. The van der Waals surface area contributed by atoms with E-state index in [0.29, 0.717) is 28.1 Å². The molecule has 8 heteroatoms. The molecule has 0 fully saturated rings. The molecule has 168 valence electrons. The third-order valence-electron chi connectivity index (χ3n) is 5.39. The number of carbonyl (C=O) groups is 3. The monoisotopic (exact) mass is 437 g/mol. The highest BCUT2D eigenvalue weighted by Gasteiger charge is 2.35. The van der Waals surface area contributed by atoms with Crippen LogP contribution >= 0.6 is 0 Å². The van der Waals surface area contributed by atoms with Crippen molar-refractivity contribution < 1.29 is 23.9 Å². The lowest BCUT2D eigenvalue weighted by atomic mass is 9.95. The Hall–Kier alpha value is -3.65. The molecule has 2 N–H and O–H groups in total. The van der Waals surface area contributed by atoms with Crippen LogP contribution in [0, 0.1) is 6.92 Å². The maximum absolute atomic E-state index is 12.7. The zero-order valence-corrected chi connectivity index (χ0v) is 18.6. The molecule has 0 spiro atoms. The van der Waals surface area contributed by atoms with Gasteiger partial charge in [0.15, 0.2) is 0 Å². The summed E-state index contributed by atoms with van der Waals surface area (Å²) in [7, 11) is 3.11. The molecule has 1 atom stereocenters. The van der Waals surface area contributed by atoms with Crippen LogP contribution in [0.15, 0.2) is 59.8 Å². The fourth-order valence-corrected chi connectivity index (χ4v) is 3.43. The van der Waals surface area contributed by atoms with Gasteiger partial charge in [-0.1, -0.05) is 30.3 Å². The summed E-state index contributed by atoms with van der Waals surface area (Å²) in [4.78, 5) is 39.1. The number of nitrogens with one attached hydrogen (secondary N) is 2. The largest absolute Gasteiger partial charge is 0.460 e. The number of anilines is 1. The van der Waals surface area contributed by atoms with Crippen LogP contribution in [0.4, 0.5) is 10.5 Å². The van der Waals surface area contributed by atoms with Crippen LogP contribution in [0.2, 0.25) is 0 Å². The zero-order chi connectivity index (χ0) is 23.3. The van der Waals surface area contributed by atoms with E-state index in [-0.39, 0.29) is 25.2 Å². The molecule has 1 heterocycles. The fourth-order valence-electron chi connectivity index (χ4n) is 3.43. The van der Waals surface area contributed by atoms with Crippen LogP contribution in [0.3, 0.4) is 0 Å². The molecule has 1 unspecified atom stereocenters. The predicted octanol–water partition coefficient (Wildman–Crippen LogP) is 3.41. The van der Waals surface area contributed by atoms with Crippen LogP contribution in [0.1, 0.15) is 34.5 Å². The van der Waals surface area contributed by atoms with Gasteiger partial charge in [-0.3, -0.25) is 4.79 Å². The molecule has 1 aliphatic heterocycles. The SMILES string of the molecule is COCCOC(=O)C1=C(C)N(C)C(=O)NC1c1ccc(NC(=O)c2ccccc2C)cc1. The van der Waals surface area contributed by atoms with Crippen molar-refractivity contribution in [1.82, 2.24) is 10.2 Å². The summed E-state index contributed by atoms with van der Waals surface area (Å²) in [5.41, 5.74) is 3.63. The fraction of sp³-hybridized carbons (Fsp3) is 0.292. The Bertz CT molecular complexity index is 1050. The lowest BCUT2D eigenvalue weighted by Crippen LogP contribution is -2.46. The highest BCUT2D eigenvalue weighted by Crippen LogP contribution is 2.31. The van der Waals surface area contributed by atoms with Crippen molar-refractivity contribution in [3.8, 4) is 0 Å². The molecule has 0 bridgehead atoms. The van der Waals surface area contributed by atoms with Crippen molar-refractivity contribution in [2.24, 2.45) is 0 Å². The van der Waals surface area contributed by atoms with Crippen LogP contribution in [-0.4, -0.2) is 50.2 Å². The molecule has 32 heavy (non-hydrogen) atoms. The van der Waals surface area contributed by atoms with Gasteiger partial charge in [0.1, 0.15) is 6.61 Å². The van der Waals surface area contributed by atoms with Crippen LogP contribution in [-0.2, 0) is 14.3 Å². The Morgan fingerprint density at radius 3 is 2.41 bits per heavy atom. The van der Waals surface area contributed by atoms with E-state index >= 15 is 0 Å². The number of carbonyl (C=O) groups excluding carboxylic acids is 3. The second-order valence-corrected chi connectivity index (χ2v) is 7.46. The second kappa shape index (κ2) is 10.1. The van der Waals surface area contributed by atoms with Crippen LogP contribution in [0.5, 0.6) is 0 Å². The number of hydrogen-bond donors (Lipinski definition) is 2. The first-order valence-electron chi connectivity index (χ1n) is 10.2. The van der Waals surface area contributed by atoms with Gasteiger partial charge in [-0.2, -0.15) is 0 Å². The number of allylic oxidation sites excluding steroid dienone is 1. The lowest BCUT2D eigenvalue weighted by Gasteiger charge is -2.33. The van der Waals surface area contributed by atoms with Gasteiger partial charge in [0, 0.05) is 31.1 Å². The smallest absolute Gasteiger partial charge is 0.338 e. The predicted molar refractivity (Wildman–Crippen MR) is 120 cm³/mol. The number of urea groups is 1. The quantitative estimate of drug-likeness (QED) is 0.511. The highest BCUT2D eigenvalue weighted by molar-refractivity contribution is 6.05. The third-order valence-corrected chi connectivity index (χ3v) is 5.39. The summed E-state index contributed by atoms with van der Waals surface area (Å²) in [6.07, 6.45) is 0. The maximum atomic E-state index is 12.7. The Balaban J connectivity index is 1.82. The zero-order valence-electron chi connectivity index (χ0n) is 18.6. The summed E-state index contributed by atoms with van der Waals surface area (Å²) < 4.78 is 10.2. The molecule has 3 rings (SSSR count). The molecular weight excluding hydrogens is 410 g/mol. The summed E-state index contributed by atoms with van der Waals surface area (Å²) >= 11 is 0. The van der Waals surface area contributed by atoms with E-state index in [0.717, 1.165) is 5.56 Å². The first-order chi connectivity index (χ1) is 15.3. The maximum Gasteiger partial charge on any atom is 0.338 e. The van der Waals surface area contributed by atoms with E-state index in [1.807, 2.05) is 25.1 Å². The first-order valence-corrected chi connectivity index (χ1v) is 10.2. The molecule has 2 aromatic carbocycles. The topological polar surface area (TPSA) is 97.0 Å². The lowest BCUT2D eigenvalue weighted by molar-refractivity contribution is -0.140. The number of aryl methyl sites for hydroxylation is 1. The standard InChI is InChI=1S/C24H27N3O5/c1-15-7-5-6-8-19(15)22(28)25-18-11-9-17(10-12-18)21-20(23(29)32-14-13-31-4)16(2)27(3)24(30)26-21/h5-12,21H,13-14H2,1-4H3,(H,25,28)(H,26,30). The van der Waals surface area contributed by atoms with Crippen LogP contribution < -0.4 is 10.6 Å². The normalized spacial score (nSPS) is 15.9. The number of methoxy groups -OCH3 is 1. The van der Waals surface area contributed by atoms with Gasteiger partial charge < -0.3 is 25.0 Å². The number of hydrogen-bond acceptors (Lipinski definition) is 5. The van der Waals surface area contributed by atoms with E-state index in [1.54, 1.807) is 44.3 Å². The molecule has 0 saturated heterocycles. The van der Waals surface area contributed by atoms with Gasteiger partial charge in [-0.05, 0) is 43.2 Å². The van der Waals surface area contributed by atoms with Gasteiger partial charge in [0.05, 0.1) is 18.2 Å². The number of nitrogens with zero attached hydrogens (tertiary/aromatic N) is 1. The Labute approximate surface area is 187 Å². The minimum atomic E-state index is -0.671. The summed E-state index contributed by atoms with van der Waals surface area (Å²) in [6, 6.07) is 13.3. The van der Waals surface area contributed by atoms with Gasteiger partial charge >= 0.3 is 12.0 Å². The first kappa shape index (κ1) is 23.0.